The lowest BCUT2D eigenvalue weighted by Gasteiger charge is -2.37. The number of ether oxygens (including phenoxy) is 3. The lowest BCUT2D eigenvalue weighted by Crippen LogP contribution is -2.44. The Morgan fingerprint density at radius 1 is 0.974 bits per heavy atom. The van der Waals surface area contributed by atoms with Gasteiger partial charge in [0, 0.05) is 38.7 Å². The van der Waals surface area contributed by atoms with Gasteiger partial charge in [-0.2, -0.15) is 0 Å². The van der Waals surface area contributed by atoms with Gasteiger partial charge in [0.25, 0.3) is 11.8 Å². The molecule has 2 saturated heterocycles. The fourth-order valence-electron chi connectivity index (χ4n) is 6.43. The first-order chi connectivity index (χ1) is 19.0. The Hall–Kier alpha value is -3.59. The molecule has 0 aromatic heterocycles. The van der Waals surface area contributed by atoms with Gasteiger partial charge in [-0.05, 0) is 67.5 Å². The quantitative estimate of drug-likeness (QED) is 0.527. The van der Waals surface area contributed by atoms with Crippen molar-refractivity contribution in [3.63, 3.8) is 0 Å². The number of amides is 3. The first-order valence-electron chi connectivity index (χ1n) is 13.9. The van der Waals surface area contributed by atoms with Crippen LogP contribution in [-0.4, -0.2) is 80.6 Å². The number of benzene rings is 2. The summed E-state index contributed by atoms with van der Waals surface area (Å²) in [6.07, 6.45) is 3.95. The third kappa shape index (κ3) is 4.62. The summed E-state index contributed by atoms with van der Waals surface area (Å²) >= 11 is 0. The Labute approximate surface area is 228 Å². The van der Waals surface area contributed by atoms with E-state index in [0.29, 0.717) is 74.8 Å². The van der Waals surface area contributed by atoms with Crippen LogP contribution < -0.4 is 14.4 Å². The van der Waals surface area contributed by atoms with Gasteiger partial charge in [-0.15, -0.1) is 0 Å². The second-order valence-electron chi connectivity index (χ2n) is 10.8. The van der Waals surface area contributed by atoms with Crippen molar-refractivity contribution in [2.24, 2.45) is 5.92 Å². The summed E-state index contributed by atoms with van der Waals surface area (Å²) in [4.78, 5) is 45.4. The molecule has 0 bridgehead atoms. The summed E-state index contributed by atoms with van der Waals surface area (Å²) in [5.74, 6) is 1.04. The van der Waals surface area contributed by atoms with Crippen LogP contribution in [0.1, 0.15) is 57.5 Å². The number of imide groups is 1. The number of hydrogen-bond donors (Lipinski definition) is 0. The zero-order valence-electron chi connectivity index (χ0n) is 22.6. The Morgan fingerprint density at radius 3 is 2.41 bits per heavy atom. The molecule has 6 rings (SSSR count). The van der Waals surface area contributed by atoms with Crippen molar-refractivity contribution < 1.29 is 28.6 Å². The van der Waals surface area contributed by atoms with E-state index < -0.39 is 0 Å². The third-order valence-corrected chi connectivity index (χ3v) is 8.60. The van der Waals surface area contributed by atoms with Crippen molar-refractivity contribution in [2.45, 2.75) is 44.8 Å². The molecule has 1 atom stereocenters. The average molecular weight is 534 g/mol. The van der Waals surface area contributed by atoms with Crippen LogP contribution in [0.5, 0.6) is 11.5 Å². The van der Waals surface area contributed by atoms with E-state index in [0.717, 1.165) is 30.5 Å². The molecule has 4 aliphatic heterocycles. The van der Waals surface area contributed by atoms with E-state index in [1.165, 1.54) is 10.5 Å². The Balaban J connectivity index is 1.12. The minimum Gasteiger partial charge on any atom is -0.493 e. The molecule has 0 unspecified atom stereocenters. The van der Waals surface area contributed by atoms with Crippen molar-refractivity contribution in [3.8, 4) is 11.5 Å². The molecule has 4 aliphatic rings. The molecular weight excluding hydrogens is 498 g/mol. The third-order valence-electron chi connectivity index (χ3n) is 8.60. The van der Waals surface area contributed by atoms with Crippen LogP contribution in [0.4, 0.5) is 5.69 Å². The molecule has 0 N–H and O–H groups in total. The number of fused-ring (bicyclic) bond motifs is 2. The average Bonchev–Trinajstić information content (AvgIpc) is 3.58. The molecule has 4 heterocycles. The zero-order valence-corrected chi connectivity index (χ0v) is 22.6. The molecule has 2 aromatic rings. The largest absolute Gasteiger partial charge is 0.493 e. The lowest BCUT2D eigenvalue weighted by molar-refractivity contribution is -0.137. The number of carbonyl (C=O) groups is 3. The molecule has 9 nitrogen and oxygen atoms in total. The molecule has 2 aromatic carbocycles. The van der Waals surface area contributed by atoms with E-state index in [4.69, 9.17) is 14.2 Å². The number of rotatable bonds is 6. The maximum Gasteiger partial charge on any atom is 0.263 e. The van der Waals surface area contributed by atoms with Crippen molar-refractivity contribution in [2.75, 3.05) is 51.9 Å². The lowest BCUT2D eigenvalue weighted by atomic mass is 9.92. The normalized spacial score (nSPS) is 21.3. The Morgan fingerprint density at radius 2 is 1.72 bits per heavy atom. The zero-order chi connectivity index (χ0) is 27.1. The monoisotopic (exact) mass is 533 g/mol. The van der Waals surface area contributed by atoms with E-state index in [-0.39, 0.29) is 29.7 Å². The summed E-state index contributed by atoms with van der Waals surface area (Å²) in [6.45, 7) is 3.56. The van der Waals surface area contributed by atoms with Crippen molar-refractivity contribution in [3.05, 3.63) is 52.6 Å². The maximum absolute atomic E-state index is 13.5. The van der Waals surface area contributed by atoms with E-state index >= 15 is 0 Å². The highest BCUT2D eigenvalue weighted by molar-refractivity contribution is 6.23. The molecule has 0 aliphatic carbocycles. The highest BCUT2D eigenvalue weighted by atomic mass is 16.5. The van der Waals surface area contributed by atoms with Gasteiger partial charge >= 0.3 is 0 Å². The number of carbonyl (C=O) groups excluding carboxylic acids is 3. The smallest absolute Gasteiger partial charge is 0.263 e. The van der Waals surface area contributed by atoms with Gasteiger partial charge in [0.2, 0.25) is 5.91 Å². The molecule has 0 saturated carbocycles. The van der Waals surface area contributed by atoms with Gasteiger partial charge in [0.15, 0.2) is 11.5 Å². The van der Waals surface area contributed by atoms with E-state index in [1.54, 1.807) is 20.3 Å². The first-order valence-corrected chi connectivity index (χ1v) is 13.9. The van der Waals surface area contributed by atoms with Crippen molar-refractivity contribution >= 4 is 23.4 Å². The van der Waals surface area contributed by atoms with Crippen molar-refractivity contribution in [1.29, 1.82) is 0 Å². The van der Waals surface area contributed by atoms with Crippen LogP contribution >= 0.6 is 0 Å². The molecule has 0 radical (unpaired) electrons. The van der Waals surface area contributed by atoms with Crippen LogP contribution in [0.15, 0.2) is 30.3 Å². The molecule has 206 valence electrons. The topological polar surface area (TPSA) is 88.6 Å². The second kappa shape index (κ2) is 10.5. The predicted molar refractivity (Wildman–Crippen MR) is 144 cm³/mol. The molecule has 2 fully saturated rings. The van der Waals surface area contributed by atoms with Crippen LogP contribution in [0.25, 0.3) is 0 Å². The summed E-state index contributed by atoms with van der Waals surface area (Å²) in [7, 11) is 3.26. The molecule has 0 spiro atoms. The minimum atomic E-state index is -0.239. The van der Waals surface area contributed by atoms with Gasteiger partial charge in [0.1, 0.15) is 0 Å². The van der Waals surface area contributed by atoms with Crippen LogP contribution in [0, 0.1) is 5.92 Å². The summed E-state index contributed by atoms with van der Waals surface area (Å²) in [6, 6.07) is 9.50. The first kappa shape index (κ1) is 25.7. The number of hydrogen-bond acceptors (Lipinski definition) is 7. The predicted octanol–water partition coefficient (Wildman–Crippen LogP) is 3.28. The fourth-order valence-corrected chi connectivity index (χ4v) is 6.43. The SMILES string of the molecule is COc1cc2c(cc1OC)CN(C(=O)C1CCN(c3cccc4c3C(=O)N(C[C@H]3CCCO3)C4=O)CC1)CC2. The van der Waals surface area contributed by atoms with Gasteiger partial charge in [0.05, 0.1) is 43.7 Å². The Kier molecular flexibility index (Phi) is 6.93. The minimum absolute atomic E-state index is 0.0620. The van der Waals surface area contributed by atoms with Crippen LogP contribution in [-0.2, 0) is 22.5 Å². The number of methoxy groups -OCH3 is 2. The summed E-state index contributed by atoms with van der Waals surface area (Å²) < 4.78 is 16.6. The fraction of sp³-hybridized carbons (Fsp3) is 0.500. The molecular formula is C30H35N3O6. The van der Waals surface area contributed by atoms with Crippen LogP contribution in [0.3, 0.4) is 0 Å². The number of piperidine rings is 1. The number of anilines is 1. The van der Waals surface area contributed by atoms with Crippen molar-refractivity contribution in [1.82, 2.24) is 9.80 Å². The van der Waals surface area contributed by atoms with Gasteiger partial charge in [-0.3, -0.25) is 19.3 Å². The molecule has 39 heavy (non-hydrogen) atoms. The highest BCUT2D eigenvalue weighted by Crippen LogP contribution is 2.36. The highest BCUT2D eigenvalue weighted by Gasteiger charge is 2.41. The van der Waals surface area contributed by atoms with E-state index in [1.807, 2.05) is 29.2 Å². The standard InChI is InChI=1S/C30H35N3O6/c1-37-25-15-20-10-13-32(17-21(20)16-26(25)38-2)28(34)19-8-11-31(12-9-19)24-7-3-6-23-27(24)30(36)33(29(23)35)18-22-5-4-14-39-22/h3,6-7,15-16,19,22H,4-5,8-14,17-18H2,1-2H3/t22-/m1/s1. The van der Waals surface area contributed by atoms with Gasteiger partial charge in [-0.25, -0.2) is 0 Å². The number of nitrogens with zero attached hydrogens (tertiary/aromatic N) is 3. The second-order valence-corrected chi connectivity index (χ2v) is 10.8. The van der Waals surface area contributed by atoms with Gasteiger partial charge < -0.3 is 24.0 Å². The summed E-state index contributed by atoms with van der Waals surface area (Å²) in [5, 5.41) is 0. The molecule has 3 amide bonds. The van der Waals surface area contributed by atoms with E-state index in [2.05, 4.69) is 4.90 Å². The molecule has 9 heteroatoms. The Bertz CT molecular complexity index is 1300. The van der Waals surface area contributed by atoms with Gasteiger partial charge in [-0.1, -0.05) is 6.07 Å². The van der Waals surface area contributed by atoms with E-state index in [9.17, 15) is 14.4 Å². The summed E-state index contributed by atoms with van der Waals surface area (Å²) in [5.41, 5.74) is 4.03. The van der Waals surface area contributed by atoms with Crippen LogP contribution in [0.2, 0.25) is 0 Å². The maximum atomic E-state index is 13.5.